The fourth-order valence-corrected chi connectivity index (χ4v) is 3.21. The molecule has 0 aromatic heterocycles. The van der Waals surface area contributed by atoms with E-state index in [0.29, 0.717) is 13.0 Å². The van der Waals surface area contributed by atoms with Crippen LogP contribution in [0.25, 0.3) is 0 Å². The van der Waals surface area contributed by atoms with Crippen molar-refractivity contribution in [1.29, 1.82) is 0 Å². The molecule has 3 rings (SSSR count). The number of carbonyl (C=O) groups is 1. The number of hydrogen-bond acceptors (Lipinski definition) is 2. The lowest BCUT2D eigenvalue weighted by Gasteiger charge is -2.20. The molecule has 0 spiro atoms. The lowest BCUT2D eigenvalue weighted by Crippen LogP contribution is -2.44. The van der Waals surface area contributed by atoms with Gasteiger partial charge in [0.25, 0.3) is 0 Å². The molecule has 1 atom stereocenters. The zero-order valence-corrected chi connectivity index (χ0v) is 13.6. The monoisotopic (exact) mass is 308 g/mol. The molecule has 3 nitrogen and oxygen atoms in total. The number of rotatable bonds is 6. The van der Waals surface area contributed by atoms with Gasteiger partial charge in [0.1, 0.15) is 0 Å². The third kappa shape index (κ3) is 3.62. The van der Waals surface area contributed by atoms with E-state index < -0.39 is 6.04 Å². The molecule has 23 heavy (non-hydrogen) atoms. The van der Waals surface area contributed by atoms with Crippen molar-refractivity contribution in [1.82, 2.24) is 5.32 Å². The maximum absolute atomic E-state index is 12.3. The zero-order chi connectivity index (χ0) is 16.3. The smallest absolute Gasteiger partial charge is 0.237 e. The van der Waals surface area contributed by atoms with E-state index in [4.69, 9.17) is 5.73 Å². The molecule has 1 amide bonds. The first-order valence-corrected chi connectivity index (χ1v) is 8.24. The van der Waals surface area contributed by atoms with Crippen LogP contribution >= 0.6 is 0 Å². The normalized spacial score (nSPS) is 16.6. The first-order valence-electron chi connectivity index (χ1n) is 8.24. The quantitative estimate of drug-likeness (QED) is 0.862. The van der Waals surface area contributed by atoms with Crippen molar-refractivity contribution in [3.05, 3.63) is 71.3 Å². The molecule has 1 aliphatic carbocycles. The standard InChI is InChI=1S/C20H24N2O/c1-15-7-5-6-10-17(15)20(11-12-20)14-22-19(23)18(21)13-16-8-3-2-4-9-16/h2-10,18H,11-14,21H2,1H3,(H,22,23)/t18-/m0/s1. The summed E-state index contributed by atoms with van der Waals surface area (Å²) < 4.78 is 0. The topological polar surface area (TPSA) is 55.1 Å². The Kier molecular flexibility index (Phi) is 4.49. The zero-order valence-electron chi connectivity index (χ0n) is 13.6. The van der Waals surface area contributed by atoms with Crippen molar-refractivity contribution in [2.45, 2.75) is 37.6 Å². The Hall–Kier alpha value is -2.13. The average Bonchev–Trinajstić information content (AvgIpc) is 3.35. The predicted octanol–water partition coefficient (Wildman–Crippen LogP) is 2.71. The van der Waals surface area contributed by atoms with Gasteiger partial charge < -0.3 is 11.1 Å². The number of benzene rings is 2. The van der Waals surface area contributed by atoms with Crippen LogP contribution in [-0.4, -0.2) is 18.5 Å². The van der Waals surface area contributed by atoms with Crippen LogP contribution in [0.3, 0.4) is 0 Å². The Morgan fingerprint density at radius 3 is 2.43 bits per heavy atom. The number of amides is 1. The molecule has 0 bridgehead atoms. The van der Waals surface area contributed by atoms with Crippen LogP contribution in [0.4, 0.5) is 0 Å². The van der Waals surface area contributed by atoms with Gasteiger partial charge in [-0.15, -0.1) is 0 Å². The fraction of sp³-hybridized carbons (Fsp3) is 0.350. The second-order valence-corrected chi connectivity index (χ2v) is 6.61. The molecule has 3 heteroatoms. The second kappa shape index (κ2) is 6.55. The Morgan fingerprint density at radius 2 is 1.78 bits per heavy atom. The van der Waals surface area contributed by atoms with Crippen LogP contribution < -0.4 is 11.1 Å². The van der Waals surface area contributed by atoms with E-state index in [-0.39, 0.29) is 11.3 Å². The number of nitrogens with one attached hydrogen (secondary N) is 1. The number of aryl methyl sites for hydroxylation is 1. The van der Waals surface area contributed by atoms with Gasteiger partial charge in [0.15, 0.2) is 0 Å². The molecule has 0 radical (unpaired) electrons. The first kappa shape index (κ1) is 15.8. The predicted molar refractivity (Wildman–Crippen MR) is 93.2 cm³/mol. The number of nitrogens with two attached hydrogens (primary N) is 1. The maximum Gasteiger partial charge on any atom is 0.237 e. The highest BCUT2D eigenvalue weighted by Crippen LogP contribution is 2.48. The summed E-state index contributed by atoms with van der Waals surface area (Å²) in [6.45, 7) is 2.82. The number of carbonyl (C=O) groups excluding carboxylic acids is 1. The van der Waals surface area contributed by atoms with E-state index in [9.17, 15) is 4.79 Å². The molecule has 1 fully saturated rings. The summed E-state index contributed by atoms with van der Waals surface area (Å²) in [5.41, 5.74) is 9.92. The lowest BCUT2D eigenvalue weighted by molar-refractivity contribution is -0.122. The van der Waals surface area contributed by atoms with Gasteiger partial charge in [-0.1, -0.05) is 54.6 Å². The van der Waals surface area contributed by atoms with Crippen molar-refractivity contribution in [2.75, 3.05) is 6.54 Å². The molecule has 0 saturated heterocycles. The maximum atomic E-state index is 12.3. The van der Waals surface area contributed by atoms with E-state index in [2.05, 4.69) is 36.5 Å². The minimum absolute atomic E-state index is 0.0614. The van der Waals surface area contributed by atoms with Gasteiger partial charge in [-0.2, -0.15) is 0 Å². The molecule has 0 aliphatic heterocycles. The highest BCUT2D eigenvalue weighted by atomic mass is 16.2. The first-order chi connectivity index (χ1) is 11.1. The summed E-state index contributed by atoms with van der Waals surface area (Å²) in [5, 5.41) is 3.07. The SMILES string of the molecule is Cc1ccccc1C1(CNC(=O)[C@@H](N)Cc2ccccc2)CC1. The van der Waals surface area contributed by atoms with Crippen LogP contribution in [0.15, 0.2) is 54.6 Å². The molecule has 1 saturated carbocycles. The molecule has 0 heterocycles. The van der Waals surface area contributed by atoms with Gasteiger partial charge >= 0.3 is 0 Å². The molecular weight excluding hydrogens is 284 g/mol. The van der Waals surface area contributed by atoms with Crippen LogP contribution in [0.1, 0.15) is 29.5 Å². The van der Waals surface area contributed by atoms with Gasteiger partial charge in [0.05, 0.1) is 6.04 Å². The van der Waals surface area contributed by atoms with E-state index in [1.165, 1.54) is 11.1 Å². The molecule has 0 unspecified atom stereocenters. The lowest BCUT2D eigenvalue weighted by atomic mass is 9.91. The molecule has 2 aromatic carbocycles. The molecule has 120 valence electrons. The van der Waals surface area contributed by atoms with Gasteiger partial charge in [-0.3, -0.25) is 4.79 Å². The van der Waals surface area contributed by atoms with E-state index in [1.54, 1.807) is 0 Å². The summed E-state index contributed by atoms with van der Waals surface area (Å²) in [5.74, 6) is -0.0614. The van der Waals surface area contributed by atoms with Crippen LogP contribution in [0.2, 0.25) is 0 Å². The minimum atomic E-state index is -0.495. The average molecular weight is 308 g/mol. The van der Waals surface area contributed by atoms with Crippen molar-refractivity contribution in [2.24, 2.45) is 5.73 Å². The van der Waals surface area contributed by atoms with Crippen molar-refractivity contribution in [3.8, 4) is 0 Å². The molecule has 3 N–H and O–H groups in total. The Labute approximate surface area is 137 Å². The van der Waals surface area contributed by atoms with Crippen molar-refractivity contribution in [3.63, 3.8) is 0 Å². The highest BCUT2D eigenvalue weighted by Gasteiger charge is 2.45. The highest BCUT2D eigenvalue weighted by molar-refractivity contribution is 5.82. The molecule has 1 aliphatic rings. The van der Waals surface area contributed by atoms with Gasteiger partial charge in [-0.25, -0.2) is 0 Å². The molecular formula is C20H24N2O. The Morgan fingerprint density at radius 1 is 1.13 bits per heavy atom. The summed E-state index contributed by atoms with van der Waals surface area (Å²) in [6.07, 6.45) is 2.84. The Balaban J connectivity index is 1.58. The summed E-state index contributed by atoms with van der Waals surface area (Å²) in [4.78, 5) is 12.3. The third-order valence-electron chi connectivity index (χ3n) is 4.81. The van der Waals surface area contributed by atoms with E-state index in [0.717, 1.165) is 18.4 Å². The molecule has 2 aromatic rings. The van der Waals surface area contributed by atoms with Crippen molar-refractivity contribution < 1.29 is 4.79 Å². The summed E-state index contributed by atoms with van der Waals surface area (Å²) >= 11 is 0. The third-order valence-corrected chi connectivity index (χ3v) is 4.81. The van der Waals surface area contributed by atoms with Crippen molar-refractivity contribution >= 4 is 5.91 Å². The minimum Gasteiger partial charge on any atom is -0.354 e. The summed E-state index contributed by atoms with van der Waals surface area (Å²) in [7, 11) is 0. The van der Waals surface area contributed by atoms with E-state index in [1.807, 2.05) is 30.3 Å². The van der Waals surface area contributed by atoms with Crippen LogP contribution in [-0.2, 0) is 16.6 Å². The fourth-order valence-electron chi connectivity index (χ4n) is 3.21. The van der Waals surface area contributed by atoms with Gasteiger partial charge in [0, 0.05) is 12.0 Å². The number of hydrogen-bond donors (Lipinski definition) is 2. The van der Waals surface area contributed by atoms with Gasteiger partial charge in [-0.05, 0) is 42.9 Å². The van der Waals surface area contributed by atoms with Crippen LogP contribution in [0.5, 0.6) is 0 Å². The van der Waals surface area contributed by atoms with Crippen LogP contribution in [0, 0.1) is 6.92 Å². The largest absolute Gasteiger partial charge is 0.354 e. The Bertz CT molecular complexity index is 677. The summed E-state index contributed by atoms with van der Waals surface area (Å²) in [6, 6.07) is 17.9. The van der Waals surface area contributed by atoms with E-state index >= 15 is 0 Å². The van der Waals surface area contributed by atoms with Gasteiger partial charge in [0.2, 0.25) is 5.91 Å². The second-order valence-electron chi connectivity index (χ2n) is 6.61.